The second kappa shape index (κ2) is 7.01. The lowest BCUT2D eigenvalue weighted by Crippen LogP contribution is -2.08. The molecule has 0 bridgehead atoms. The predicted molar refractivity (Wildman–Crippen MR) is 76.6 cm³/mol. The van der Waals surface area contributed by atoms with Gasteiger partial charge < -0.3 is 9.47 Å². The first kappa shape index (κ1) is 13.7. The lowest BCUT2D eigenvalue weighted by molar-refractivity contribution is 0.0550. The van der Waals surface area contributed by atoms with Crippen molar-refractivity contribution < 1.29 is 9.47 Å². The van der Waals surface area contributed by atoms with Crippen molar-refractivity contribution in [3.05, 3.63) is 47.2 Å². The molecule has 0 radical (unpaired) electrons. The van der Waals surface area contributed by atoms with Gasteiger partial charge in [-0.05, 0) is 18.6 Å². The van der Waals surface area contributed by atoms with E-state index in [9.17, 15) is 0 Å². The standard InChI is InChI=1S/C17H20O2/c1-3-4-5-12-19-17(16-7-6-13-18-16)15-10-8-14(2)9-11-15/h7-11,17H,3,6,12-13H2,1-2H3. The maximum Gasteiger partial charge on any atom is 0.140 e. The number of hydrogen-bond donors (Lipinski definition) is 0. The summed E-state index contributed by atoms with van der Waals surface area (Å²) in [5.74, 6) is 6.95. The van der Waals surface area contributed by atoms with Gasteiger partial charge in [-0.3, -0.25) is 0 Å². The largest absolute Gasteiger partial charge is 0.495 e. The van der Waals surface area contributed by atoms with E-state index in [1.165, 1.54) is 5.56 Å². The summed E-state index contributed by atoms with van der Waals surface area (Å²) >= 11 is 0. The maximum absolute atomic E-state index is 5.89. The third-order valence-corrected chi connectivity index (χ3v) is 2.99. The van der Waals surface area contributed by atoms with E-state index >= 15 is 0 Å². The number of ether oxygens (including phenoxy) is 2. The van der Waals surface area contributed by atoms with Crippen molar-refractivity contribution in [2.45, 2.75) is 32.8 Å². The van der Waals surface area contributed by atoms with Gasteiger partial charge in [0.2, 0.25) is 0 Å². The van der Waals surface area contributed by atoms with Crippen LogP contribution in [0.3, 0.4) is 0 Å². The molecular formula is C17H20O2. The van der Waals surface area contributed by atoms with E-state index in [2.05, 4.69) is 49.1 Å². The highest BCUT2D eigenvalue weighted by molar-refractivity contribution is 5.28. The minimum Gasteiger partial charge on any atom is -0.495 e. The Balaban J connectivity index is 2.11. The Morgan fingerprint density at radius 2 is 2.05 bits per heavy atom. The molecular weight excluding hydrogens is 236 g/mol. The highest BCUT2D eigenvalue weighted by Crippen LogP contribution is 2.29. The van der Waals surface area contributed by atoms with Gasteiger partial charge in [0.25, 0.3) is 0 Å². The first-order chi connectivity index (χ1) is 9.31. The van der Waals surface area contributed by atoms with Crippen molar-refractivity contribution in [1.29, 1.82) is 0 Å². The molecule has 0 aliphatic carbocycles. The van der Waals surface area contributed by atoms with E-state index < -0.39 is 0 Å². The van der Waals surface area contributed by atoms with Crippen LogP contribution in [0.25, 0.3) is 0 Å². The molecule has 0 saturated carbocycles. The van der Waals surface area contributed by atoms with Crippen LogP contribution in [0.2, 0.25) is 0 Å². The topological polar surface area (TPSA) is 18.5 Å². The summed E-state index contributed by atoms with van der Waals surface area (Å²) in [6, 6.07) is 8.38. The molecule has 100 valence electrons. The summed E-state index contributed by atoms with van der Waals surface area (Å²) in [6.07, 6.45) is 3.80. The summed E-state index contributed by atoms with van der Waals surface area (Å²) in [6.45, 7) is 5.31. The van der Waals surface area contributed by atoms with Crippen LogP contribution in [-0.2, 0) is 9.47 Å². The Hall–Kier alpha value is -1.72. The van der Waals surface area contributed by atoms with Crippen LogP contribution in [-0.4, -0.2) is 13.2 Å². The molecule has 0 saturated heterocycles. The minimum atomic E-state index is -0.130. The van der Waals surface area contributed by atoms with Crippen molar-refractivity contribution in [2.75, 3.05) is 13.2 Å². The molecule has 1 atom stereocenters. The molecule has 19 heavy (non-hydrogen) atoms. The molecule has 1 unspecified atom stereocenters. The SMILES string of the molecule is CCC#CCOC(C1=CCCO1)c1ccc(C)cc1. The average molecular weight is 256 g/mol. The van der Waals surface area contributed by atoms with Crippen molar-refractivity contribution >= 4 is 0 Å². The van der Waals surface area contributed by atoms with Crippen molar-refractivity contribution in [2.24, 2.45) is 0 Å². The van der Waals surface area contributed by atoms with E-state index in [4.69, 9.17) is 9.47 Å². The zero-order valence-corrected chi connectivity index (χ0v) is 11.6. The lowest BCUT2D eigenvalue weighted by atomic mass is 10.1. The Morgan fingerprint density at radius 1 is 1.26 bits per heavy atom. The van der Waals surface area contributed by atoms with Gasteiger partial charge in [0.05, 0.1) is 6.61 Å². The molecule has 0 N–H and O–H groups in total. The van der Waals surface area contributed by atoms with E-state index in [0.29, 0.717) is 6.61 Å². The molecule has 0 fully saturated rings. The van der Waals surface area contributed by atoms with Crippen LogP contribution in [0.4, 0.5) is 0 Å². The monoisotopic (exact) mass is 256 g/mol. The molecule has 2 rings (SSSR count). The van der Waals surface area contributed by atoms with Gasteiger partial charge in [-0.15, -0.1) is 5.92 Å². The molecule has 1 heterocycles. The van der Waals surface area contributed by atoms with E-state index in [1.54, 1.807) is 0 Å². The zero-order valence-electron chi connectivity index (χ0n) is 11.6. The second-order valence-corrected chi connectivity index (χ2v) is 4.55. The molecule has 0 amide bonds. The smallest absolute Gasteiger partial charge is 0.140 e. The normalized spacial score (nSPS) is 15.2. The zero-order chi connectivity index (χ0) is 13.5. The highest BCUT2D eigenvalue weighted by atomic mass is 16.5. The summed E-state index contributed by atoms with van der Waals surface area (Å²) in [5.41, 5.74) is 2.37. The Labute approximate surface area is 115 Å². The highest BCUT2D eigenvalue weighted by Gasteiger charge is 2.21. The molecule has 2 nitrogen and oxygen atoms in total. The molecule has 1 aliphatic heterocycles. The van der Waals surface area contributed by atoms with Gasteiger partial charge in [-0.1, -0.05) is 42.7 Å². The van der Waals surface area contributed by atoms with Crippen LogP contribution >= 0.6 is 0 Å². The molecule has 1 aromatic carbocycles. The number of rotatable bonds is 4. The number of hydrogen-bond acceptors (Lipinski definition) is 2. The van der Waals surface area contributed by atoms with Crippen LogP contribution < -0.4 is 0 Å². The van der Waals surface area contributed by atoms with Crippen molar-refractivity contribution in [1.82, 2.24) is 0 Å². The molecule has 1 aromatic rings. The van der Waals surface area contributed by atoms with Gasteiger partial charge >= 0.3 is 0 Å². The fourth-order valence-corrected chi connectivity index (χ4v) is 2.00. The van der Waals surface area contributed by atoms with Gasteiger partial charge in [-0.2, -0.15) is 0 Å². The first-order valence-electron chi connectivity index (χ1n) is 6.78. The number of benzene rings is 1. The van der Waals surface area contributed by atoms with Gasteiger partial charge in [-0.25, -0.2) is 0 Å². The first-order valence-corrected chi connectivity index (χ1v) is 6.78. The molecule has 2 heteroatoms. The van der Waals surface area contributed by atoms with Crippen LogP contribution in [0, 0.1) is 18.8 Å². The third-order valence-electron chi connectivity index (χ3n) is 2.99. The Kier molecular flexibility index (Phi) is 5.06. The minimum absolute atomic E-state index is 0.130. The predicted octanol–water partition coefficient (Wildman–Crippen LogP) is 3.77. The van der Waals surface area contributed by atoms with Gasteiger partial charge in [0.15, 0.2) is 0 Å². The molecule has 0 aromatic heterocycles. The van der Waals surface area contributed by atoms with E-state index in [0.717, 1.165) is 30.8 Å². The average Bonchev–Trinajstić information content (AvgIpc) is 2.94. The Morgan fingerprint density at radius 3 is 2.68 bits per heavy atom. The third kappa shape index (κ3) is 3.87. The molecule has 1 aliphatic rings. The molecule has 0 spiro atoms. The lowest BCUT2D eigenvalue weighted by Gasteiger charge is -2.18. The second-order valence-electron chi connectivity index (χ2n) is 4.55. The van der Waals surface area contributed by atoms with E-state index in [-0.39, 0.29) is 6.10 Å². The quantitative estimate of drug-likeness (QED) is 0.763. The Bertz CT molecular complexity index is 488. The maximum atomic E-state index is 5.89. The fraction of sp³-hybridized carbons (Fsp3) is 0.412. The van der Waals surface area contributed by atoms with Crippen LogP contribution in [0.15, 0.2) is 36.1 Å². The number of aryl methyl sites for hydroxylation is 1. The summed E-state index contributed by atoms with van der Waals surface area (Å²) in [4.78, 5) is 0. The van der Waals surface area contributed by atoms with Crippen molar-refractivity contribution in [3.63, 3.8) is 0 Å². The summed E-state index contributed by atoms with van der Waals surface area (Å²) in [7, 11) is 0. The van der Waals surface area contributed by atoms with Gasteiger partial charge in [0.1, 0.15) is 18.5 Å². The van der Waals surface area contributed by atoms with Crippen LogP contribution in [0.5, 0.6) is 0 Å². The summed E-state index contributed by atoms with van der Waals surface area (Å²) in [5, 5.41) is 0. The van der Waals surface area contributed by atoms with Gasteiger partial charge in [0, 0.05) is 12.8 Å². The fourth-order valence-electron chi connectivity index (χ4n) is 2.00. The summed E-state index contributed by atoms with van der Waals surface area (Å²) < 4.78 is 11.5. The van der Waals surface area contributed by atoms with E-state index in [1.807, 2.05) is 6.92 Å². The van der Waals surface area contributed by atoms with Crippen molar-refractivity contribution in [3.8, 4) is 11.8 Å². The van der Waals surface area contributed by atoms with Crippen LogP contribution in [0.1, 0.15) is 37.0 Å².